The number of nitrogens with zero attached hydrogens (tertiary/aromatic N) is 1. The highest BCUT2D eigenvalue weighted by Crippen LogP contribution is 2.26. The molecule has 0 aromatic heterocycles. The van der Waals surface area contributed by atoms with Crippen LogP contribution in [-0.2, 0) is 13.2 Å². The summed E-state index contributed by atoms with van der Waals surface area (Å²) in [5.41, 5.74) is 2.24. The number of halogens is 1. The van der Waals surface area contributed by atoms with E-state index in [2.05, 4.69) is 0 Å². The zero-order valence-electron chi connectivity index (χ0n) is 11.0. The molecule has 2 nitrogen and oxygen atoms in total. The lowest BCUT2D eigenvalue weighted by Crippen LogP contribution is -2.24. The van der Waals surface area contributed by atoms with Crippen molar-refractivity contribution in [1.29, 1.82) is 0 Å². The summed E-state index contributed by atoms with van der Waals surface area (Å²) >= 11 is 0. The van der Waals surface area contributed by atoms with Gasteiger partial charge in [-0.3, -0.25) is 0 Å². The maximum Gasteiger partial charge on any atom is 0.146 e. The molecular weight excluding hydrogens is 241 g/mol. The minimum atomic E-state index is -0.288. The van der Waals surface area contributed by atoms with E-state index in [1.54, 1.807) is 12.1 Å². The van der Waals surface area contributed by atoms with E-state index in [-0.39, 0.29) is 12.4 Å². The van der Waals surface area contributed by atoms with Crippen LogP contribution >= 0.6 is 0 Å². The smallest absolute Gasteiger partial charge is 0.146 e. The third-order valence-corrected chi connectivity index (χ3v) is 3.15. The van der Waals surface area contributed by atoms with E-state index in [9.17, 15) is 9.50 Å². The van der Waals surface area contributed by atoms with Crippen molar-refractivity contribution in [3.05, 3.63) is 65.5 Å². The van der Waals surface area contributed by atoms with E-state index in [4.69, 9.17) is 0 Å². The van der Waals surface area contributed by atoms with Gasteiger partial charge in [0.1, 0.15) is 5.82 Å². The van der Waals surface area contributed by atoms with Crippen molar-refractivity contribution in [2.24, 2.45) is 0 Å². The predicted molar refractivity (Wildman–Crippen MR) is 75.5 cm³/mol. The largest absolute Gasteiger partial charge is 0.392 e. The van der Waals surface area contributed by atoms with Gasteiger partial charge in [-0.05, 0) is 18.6 Å². The Morgan fingerprint density at radius 1 is 1.05 bits per heavy atom. The van der Waals surface area contributed by atoms with Crippen LogP contribution in [0.1, 0.15) is 18.1 Å². The maximum atomic E-state index is 14.0. The number of anilines is 1. The molecule has 0 radical (unpaired) electrons. The van der Waals surface area contributed by atoms with E-state index in [1.165, 1.54) is 6.07 Å². The Kier molecular flexibility index (Phi) is 4.53. The second-order valence-electron chi connectivity index (χ2n) is 4.41. The Morgan fingerprint density at radius 2 is 1.79 bits per heavy atom. The number of aliphatic hydroxyl groups is 1. The average molecular weight is 259 g/mol. The van der Waals surface area contributed by atoms with E-state index in [0.717, 1.165) is 5.56 Å². The van der Waals surface area contributed by atoms with Gasteiger partial charge in [0.15, 0.2) is 0 Å². The highest BCUT2D eigenvalue weighted by atomic mass is 19.1. The molecule has 0 aliphatic carbocycles. The van der Waals surface area contributed by atoms with Crippen LogP contribution in [0.3, 0.4) is 0 Å². The second-order valence-corrected chi connectivity index (χ2v) is 4.41. The van der Waals surface area contributed by atoms with Gasteiger partial charge in [0.25, 0.3) is 0 Å². The molecule has 0 spiro atoms. The van der Waals surface area contributed by atoms with Gasteiger partial charge in [0.05, 0.1) is 12.3 Å². The van der Waals surface area contributed by atoms with Crippen molar-refractivity contribution in [1.82, 2.24) is 0 Å². The Morgan fingerprint density at radius 3 is 2.42 bits per heavy atom. The third kappa shape index (κ3) is 3.12. The lowest BCUT2D eigenvalue weighted by atomic mass is 10.1. The van der Waals surface area contributed by atoms with Crippen LogP contribution in [0.4, 0.5) is 10.1 Å². The van der Waals surface area contributed by atoms with Crippen LogP contribution in [0.15, 0.2) is 48.5 Å². The maximum absolute atomic E-state index is 14.0. The fourth-order valence-electron chi connectivity index (χ4n) is 2.19. The molecule has 0 atom stereocenters. The number of hydrogen-bond acceptors (Lipinski definition) is 2. The zero-order chi connectivity index (χ0) is 13.7. The van der Waals surface area contributed by atoms with Crippen molar-refractivity contribution < 1.29 is 9.50 Å². The van der Waals surface area contributed by atoms with Gasteiger partial charge in [0.2, 0.25) is 0 Å². The van der Waals surface area contributed by atoms with Crippen LogP contribution < -0.4 is 4.90 Å². The van der Waals surface area contributed by atoms with Crippen LogP contribution in [0, 0.1) is 5.82 Å². The minimum absolute atomic E-state index is 0.154. The summed E-state index contributed by atoms with van der Waals surface area (Å²) in [6.07, 6.45) is 0. The number of para-hydroxylation sites is 1. The summed E-state index contributed by atoms with van der Waals surface area (Å²) in [4.78, 5) is 1.94. The standard InChI is InChI=1S/C16H18FNO/c1-2-18(11-13-7-4-3-5-8-13)16-14(12-19)9-6-10-15(16)17/h3-10,19H,2,11-12H2,1H3. The molecule has 0 aliphatic rings. The number of benzene rings is 2. The van der Waals surface area contributed by atoms with Gasteiger partial charge in [-0.2, -0.15) is 0 Å². The Balaban J connectivity index is 2.32. The number of aliphatic hydroxyl groups excluding tert-OH is 1. The quantitative estimate of drug-likeness (QED) is 0.890. The summed E-state index contributed by atoms with van der Waals surface area (Å²) in [5.74, 6) is -0.288. The van der Waals surface area contributed by atoms with Crippen LogP contribution in [-0.4, -0.2) is 11.7 Å². The van der Waals surface area contributed by atoms with E-state index < -0.39 is 0 Å². The first-order valence-corrected chi connectivity index (χ1v) is 6.43. The zero-order valence-corrected chi connectivity index (χ0v) is 11.0. The van der Waals surface area contributed by atoms with Crippen molar-refractivity contribution in [3.63, 3.8) is 0 Å². The fraction of sp³-hybridized carbons (Fsp3) is 0.250. The molecule has 0 heterocycles. The molecule has 0 saturated carbocycles. The predicted octanol–water partition coefficient (Wildman–Crippen LogP) is 3.34. The second kappa shape index (κ2) is 6.34. The monoisotopic (exact) mass is 259 g/mol. The van der Waals surface area contributed by atoms with Crippen LogP contribution in [0.5, 0.6) is 0 Å². The molecule has 2 aromatic carbocycles. The molecule has 0 amide bonds. The fourth-order valence-corrected chi connectivity index (χ4v) is 2.19. The average Bonchev–Trinajstić information content (AvgIpc) is 2.46. The highest BCUT2D eigenvalue weighted by Gasteiger charge is 2.14. The number of rotatable bonds is 5. The van der Waals surface area contributed by atoms with Crippen molar-refractivity contribution in [2.45, 2.75) is 20.1 Å². The molecule has 0 unspecified atom stereocenters. The molecule has 19 heavy (non-hydrogen) atoms. The molecule has 3 heteroatoms. The van der Waals surface area contributed by atoms with Crippen molar-refractivity contribution >= 4 is 5.69 Å². The lowest BCUT2D eigenvalue weighted by molar-refractivity contribution is 0.281. The number of hydrogen-bond donors (Lipinski definition) is 1. The van der Waals surface area contributed by atoms with Crippen molar-refractivity contribution in [2.75, 3.05) is 11.4 Å². The van der Waals surface area contributed by atoms with Gasteiger partial charge >= 0.3 is 0 Å². The third-order valence-electron chi connectivity index (χ3n) is 3.15. The molecule has 2 rings (SSSR count). The summed E-state index contributed by atoms with van der Waals surface area (Å²) in [6.45, 7) is 3.14. The van der Waals surface area contributed by atoms with Crippen LogP contribution in [0.2, 0.25) is 0 Å². The first kappa shape index (κ1) is 13.6. The van der Waals surface area contributed by atoms with E-state index >= 15 is 0 Å². The minimum Gasteiger partial charge on any atom is -0.392 e. The normalized spacial score (nSPS) is 10.5. The SMILES string of the molecule is CCN(Cc1ccccc1)c1c(F)cccc1CO. The molecule has 1 N–H and O–H groups in total. The summed E-state index contributed by atoms with van der Waals surface area (Å²) < 4.78 is 14.0. The van der Waals surface area contributed by atoms with Gasteiger partial charge in [-0.25, -0.2) is 4.39 Å². The van der Waals surface area contributed by atoms with Crippen molar-refractivity contribution in [3.8, 4) is 0 Å². The molecule has 0 bridgehead atoms. The molecule has 0 aliphatic heterocycles. The first-order chi connectivity index (χ1) is 9.26. The molecule has 2 aromatic rings. The van der Waals surface area contributed by atoms with Gasteiger partial charge in [0, 0.05) is 18.7 Å². The van der Waals surface area contributed by atoms with E-state index in [1.807, 2.05) is 42.2 Å². The van der Waals surface area contributed by atoms with E-state index in [0.29, 0.717) is 24.3 Å². The summed E-state index contributed by atoms with van der Waals surface area (Å²) in [5, 5.41) is 9.36. The highest BCUT2D eigenvalue weighted by molar-refractivity contribution is 5.55. The van der Waals surface area contributed by atoms with Gasteiger partial charge in [-0.1, -0.05) is 42.5 Å². The molecule has 100 valence electrons. The van der Waals surface area contributed by atoms with Gasteiger partial charge < -0.3 is 10.0 Å². The Bertz CT molecular complexity index is 528. The topological polar surface area (TPSA) is 23.5 Å². The first-order valence-electron chi connectivity index (χ1n) is 6.43. The molecular formula is C16H18FNO. The molecule has 0 saturated heterocycles. The van der Waals surface area contributed by atoms with Crippen LogP contribution in [0.25, 0.3) is 0 Å². The molecule has 0 fully saturated rings. The summed E-state index contributed by atoms with van der Waals surface area (Å²) in [7, 11) is 0. The lowest BCUT2D eigenvalue weighted by Gasteiger charge is -2.26. The Labute approximate surface area is 113 Å². The summed E-state index contributed by atoms with van der Waals surface area (Å²) in [6, 6.07) is 14.7. The van der Waals surface area contributed by atoms with Gasteiger partial charge in [-0.15, -0.1) is 0 Å². The Hall–Kier alpha value is -1.87.